The van der Waals surface area contributed by atoms with Crippen molar-refractivity contribution in [2.45, 2.75) is 64.9 Å². The summed E-state index contributed by atoms with van der Waals surface area (Å²) in [6.45, 7) is 4.25. The van der Waals surface area contributed by atoms with Crippen molar-refractivity contribution in [2.75, 3.05) is 0 Å². The van der Waals surface area contributed by atoms with E-state index >= 15 is 0 Å². The summed E-state index contributed by atoms with van der Waals surface area (Å²) in [5.74, 6) is -0.723. The molecule has 0 aliphatic carbocycles. The predicted molar refractivity (Wildman–Crippen MR) is 60.8 cm³/mol. The minimum atomic E-state index is -1.18. The number of aliphatic hydroxyl groups is 1. The van der Waals surface area contributed by atoms with Crippen molar-refractivity contribution in [3.63, 3.8) is 0 Å². The van der Waals surface area contributed by atoms with Crippen molar-refractivity contribution in [3.8, 4) is 0 Å². The Morgan fingerprint density at radius 3 is 2.27 bits per heavy atom. The zero-order valence-corrected chi connectivity index (χ0v) is 9.91. The Morgan fingerprint density at radius 1 is 1.13 bits per heavy atom. The number of unbranched alkanes of at least 4 members (excludes halogenated alkanes) is 2. The summed E-state index contributed by atoms with van der Waals surface area (Å²) in [7, 11) is 0. The molecule has 0 bridgehead atoms. The predicted octanol–water partition coefficient (Wildman–Crippen LogP) is 2.82. The van der Waals surface area contributed by atoms with E-state index in [9.17, 15) is 9.90 Å². The third-order valence-electron chi connectivity index (χ3n) is 2.75. The molecule has 0 saturated heterocycles. The molecule has 0 amide bonds. The molecular weight excluding hydrogens is 192 g/mol. The number of aliphatic carboxylic acids is 1. The summed E-state index contributed by atoms with van der Waals surface area (Å²) in [6.07, 6.45) is 5.89. The van der Waals surface area contributed by atoms with Gasteiger partial charge in [-0.2, -0.15) is 0 Å². The highest BCUT2D eigenvalue weighted by atomic mass is 16.4. The van der Waals surface area contributed by atoms with Crippen LogP contribution in [0.1, 0.15) is 58.8 Å². The molecule has 3 nitrogen and oxygen atoms in total. The summed E-state index contributed by atoms with van der Waals surface area (Å²) >= 11 is 0. The molecular formula is C12H24O3. The molecule has 3 heteroatoms. The van der Waals surface area contributed by atoms with Crippen LogP contribution in [0.25, 0.3) is 0 Å². The first-order valence-corrected chi connectivity index (χ1v) is 6.02. The number of carbonyl (C=O) groups is 1. The lowest BCUT2D eigenvalue weighted by atomic mass is 9.91. The molecule has 0 rings (SSSR count). The quantitative estimate of drug-likeness (QED) is 0.583. The minimum Gasteiger partial charge on any atom is -0.479 e. The lowest BCUT2D eigenvalue weighted by Gasteiger charge is -2.17. The second kappa shape index (κ2) is 8.72. The molecule has 2 atom stereocenters. The first-order chi connectivity index (χ1) is 7.11. The van der Waals surface area contributed by atoms with Crippen molar-refractivity contribution in [1.82, 2.24) is 0 Å². The van der Waals surface area contributed by atoms with E-state index in [1.54, 1.807) is 0 Å². The van der Waals surface area contributed by atoms with Crippen LogP contribution in [0.3, 0.4) is 0 Å². The van der Waals surface area contributed by atoms with Crippen LogP contribution in [0, 0.1) is 5.92 Å². The van der Waals surface area contributed by atoms with Gasteiger partial charge in [0.25, 0.3) is 0 Å². The largest absolute Gasteiger partial charge is 0.479 e. The van der Waals surface area contributed by atoms with E-state index in [-0.39, 0.29) is 0 Å². The number of carboxylic acids is 1. The van der Waals surface area contributed by atoms with E-state index in [1.807, 2.05) is 0 Å². The Hall–Kier alpha value is -0.570. The summed E-state index contributed by atoms with van der Waals surface area (Å²) in [5.41, 5.74) is 0. The maximum absolute atomic E-state index is 10.5. The summed E-state index contributed by atoms with van der Waals surface area (Å²) in [5, 5.41) is 17.9. The Balaban J connectivity index is 3.86. The lowest BCUT2D eigenvalue weighted by Crippen LogP contribution is -2.23. The molecule has 15 heavy (non-hydrogen) atoms. The van der Waals surface area contributed by atoms with Crippen LogP contribution in [0.15, 0.2) is 0 Å². The van der Waals surface area contributed by atoms with Crippen LogP contribution >= 0.6 is 0 Å². The van der Waals surface area contributed by atoms with Crippen molar-refractivity contribution in [1.29, 1.82) is 0 Å². The molecule has 0 fully saturated rings. The van der Waals surface area contributed by atoms with Gasteiger partial charge in [0.2, 0.25) is 0 Å². The molecule has 0 heterocycles. The fourth-order valence-electron chi connectivity index (χ4n) is 1.89. The van der Waals surface area contributed by atoms with Crippen molar-refractivity contribution < 1.29 is 15.0 Å². The Bertz CT molecular complexity index is 168. The van der Waals surface area contributed by atoms with Gasteiger partial charge in [0.1, 0.15) is 0 Å². The number of rotatable bonds is 9. The number of carboxylic acid groups (broad SMARTS) is 1. The Kier molecular flexibility index (Phi) is 8.38. The van der Waals surface area contributed by atoms with Gasteiger partial charge in [-0.05, 0) is 12.3 Å². The van der Waals surface area contributed by atoms with Gasteiger partial charge in [-0.15, -0.1) is 0 Å². The second-order valence-corrected chi connectivity index (χ2v) is 4.24. The standard InChI is InChI=1S/C12H24O3/c1-3-5-6-8-10(7-4-2)9-11(13)12(14)15/h10-11,13H,3-9H2,1-2H3,(H,14,15). The maximum Gasteiger partial charge on any atom is 0.332 e. The van der Waals surface area contributed by atoms with Gasteiger partial charge in [-0.25, -0.2) is 4.79 Å². The van der Waals surface area contributed by atoms with Gasteiger partial charge < -0.3 is 10.2 Å². The van der Waals surface area contributed by atoms with Crippen LogP contribution in [0.5, 0.6) is 0 Å². The van der Waals surface area contributed by atoms with Crippen LogP contribution in [-0.2, 0) is 4.79 Å². The number of hydrogen-bond acceptors (Lipinski definition) is 2. The zero-order valence-electron chi connectivity index (χ0n) is 9.91. The SMILES string of the molecule is CCCCCC(CCC)CC(O)C(=O)O. The second-order valence-electron chi connectivity index (χ2n) is 4.24. The number of aliphatic hydroxyl groups excluding tert-OH is 1. The molecule has 2 unspecified atom stereocenters. The molecule has 0 spiro atoms. The molecule has 0 saturated carbocycles. The van der Waals surface area contributed by atoms with Crippen LogP contribution in [0.4, 0.5) is 0 Å². The zero-order chi connectivity index (χ0) is 11.7. The monoisotopic (exact) mass is 216 g/mol. The fraction of sp³-hybridized carbons (Fsp3) is 0.917. The van der Waals surface area contributed by atoms with E-state index in [0.29, 0.717) is 12.3 Å². The average molecular weight is 216 g/mol. The van der Waals surface area contributed by atoms with Crippen LogP contribution in [-0.4, -0.2) is 22.3 Å². The van der Waals surface area contributed by atoms with Gasteiger partial charge in [0.15, 0.2) is 6.10 Å². The van der Waals surface area contributed by atoms with Crippen molar-refractivity contribution in [2.24, 2.45) is 5.92 Å². The fourth-order valence-corrected chi connectivity index (χ4v) is 1.89. The summed E-state index contributed by atoms with van der Waals surface area (Å²) in [6, 6.07) is 0. The van der Waals surface area contributed by atoms with E-state index in [0.717, 1.165) is 25.7 Å². The lowest BCUT2D eigenvalue weighted by molar-refractivity contribution is -0.147. The molecule has 0 aromatic rings. The molecule has 0 radical (unpaired) electrons. The normalized spacial score (nSPS) is 14.9. The average Bonchev–Trinajstić information content (AvgIpc) is 2.18. The van der Waals surface area contributed by atoms with Gasteiger partial charge >= 0.3 is 5.97 Å². The van der Waals surface area contributed by atoms with Crippen LogP contribution in [0.2, 0.25) is 0 Å². The van der Waals surface area contributed by atoms with Crippen molar-refractivity contribution >= 4 is 5.97 Å². The molecule has 0 aromatic heterocycles. The van der Waals surface area contributed by atoms with E-state index in [2.05, 4.69) is 13.8 Å². The summed E-state index contributed by atoms with van der Waals surface area (Å²) < 4.78 is 0. The third kappa shape index (κ3) is 7.37. The van der Waals surface area contributed by atoms with Crippen LogP contribution < -0.4 is 0 Å². The smallest absolute Gasteiger partial charge is 0.332 e. The molecule has 0 aromatic carbocycles. The minimum absolute atomic E-state index is 0.368. The topological polar surface area (TPSA) is 57.5 Å². The van der Waals surface area contributed by atoms with E-state index in [4.69, 9.17) is 5.11 Å². The highest BCUT2D eigenvalue weighted by Gasteiger charge is 2.18. The van der Waals surface area contributed by atoms with E-state index in [1.165, 1.54) is 12.8 Å². The van der Waals surface area contributed by atoms with Gasteiger partial charge in [0.05, 0.1) is 0 Å². The first kappa shape index (κ1) is 14.4. The van der Waals surface area contributed by atoms with Crippen molar-refractivity contribution in [3.05, 3.63) is 0 Å². The maximum atomic E-state index is 10.5. The molecule has 2 N–H and O–H groups in total. The first-order valence-electron chi connectivity index (χ1n) is 6.02. The third-order valence-corrected chi connectivity index (χ3v) is 2.75. The van der Waals surface area contributed by atoms with Gasteiger partial charge in [0, 0.05) is 0 Å². The number of hydrogen-bond donors (Lipinski definition) is 2. The van der Waals surface area contributed by atoms with E-state index < -0.39 is 12.1 Å². The van der Waals surface area contributed by atoms with Gasteiger partial charge in [-0.1, -0.05) is 52.4 Å². The Labute approximate surface area is 92.5 Å². The molecule has 0 aliphatic heterocycles. The molecule has 90 valence electrons. The Morgan fingerprint density at radius 2 is 1.80 bits per heavy atom. The molecule has 0 aliphatic rings. The summed E-state index contributed by atoms with van der Waals surface area (Å²) in [4.78, 5) is 10.5. The highest BCUT2D eigenvalue weighted by Crippen LogP contribution is 2.21. The van der Waals surface area contributed by atoms with Gasteiger partial charge in [-0.3, -0.25) is 0 Å². The highest BCUT2D eigenvalue weighted by molar-refractivity contribution is 5.71.